The molecule has 0 aliphatic rings. The van der Waals surface area contributed by atoms with Crippen molar-refractivity contribution in [1.82, 2.24) is 14.4 Å². The van der Waals surface area contributed by atoms with Crippen LogP contribution in [0.1, 0.15) is 37.8 Å². The van der Waals surface area contributed by atoms with E-state index in [0.717, 1.165) is 12.1 Å². The van der Waals surface area contributed by atoms with Crippen LogP contribution in [0.25, 0.3) is 0 Å². The second kappa shape index (κ2) is 10.7. The Bertz CT molecular complexity index is 1010. The summed E-state index contributed by atoms with van der Waals surface area (Å²) in [5, 5.41) is 2.91. The fourth-order valence-electron chi connectivity index (χ4n) is 3.43. The van der Waals surface area contributed by atoms with Crippen molar-refractivity contribution in [3.05, 3.63) is 78.0 Å². The Labute approximate surface area is 189 Å². The zero-order valence-corrected chi connectivity index (χ0v) is 19.2. The molecule has 0 aliphatic heterocycles. The van der Waals surface area contributed by atoms with Gasteiger partial charge in [-0.1, -0.05) is 19.1 Å². The number of benzene rings is 1. The van der Waals surface area contributed by atoms with E-state index in [4.69, 9.17) is 4.42 Å². The predicted octanol–water partition coefficient (Wildman–Crippen LogP) is 4.65. The largest absolute Gasteiger partial charge is 0.467 e. The van der Waals surface area contributed by atoms with Gasteiger partial charge in [-0.2, -0.15) is 0 Å². The van der Waals surface area contributed by atoms with Gasteiger partial charge in [-0.25, -0.2) is 4.79 Å². The monoisotopic (exact) mass is 436 g/mol. The molecule has 0 unspecified atom stereocenters. The van der Waals surface area contributed by atoms with Gasteiger partial charge in [-0.15, -0.1) is 0 Å². The number of nitrogens with zero attached hydrogens (tertiary/aromatic N) is 3. The standard InChI is InChI=1S/C25H32N4O3/c1-5-20-10-12-21(13-11-20)26-25(31)29(19(2)3)18-24(30)28(17-23-9-7-15-32-23)16-22-8-6-14-27(22)4/h6-15,19H,5,16-18H2,1-4H3,(H,26,31). The quantitative estimate of drug-likeness (QED) is 0.531. The van der Waals surface area contributed by atoms with Crippen LogP contribution in [0.2, 0.25) is 0 Å². The number of hydrogen-bond donors (Lipinski definition) is 1. The summed E-state index contributed by atoms with van der Waals surface area (Å²) in [6, 6.07) is 14.9. The number of urea groups is 1. The minimum absolute atomic E-state index is 0.0261. The fourth-order valence-corrected chi connectivity index (χ4v) is 3.43. The Kier molecular flexibility index (Phi) is 7.76. The first kappa shape index (κ1) is 23.2. The van der Waals surface area contributed by atoms with Crippen LogP contribution in [0.4, 0.5) is 10.5 Å². The van der Waals surface area contributed by atoms with E-state index < -0.39 is 0 Å². The lowest BCUT2D eigenvalue weighted by Gasteiger charge is -2.30. The number of aryl methyl sites for hydroxylation is 2. The van der Waals surface area contributed by atoms with E-state index >= 15 is 0 Å². The molecule has 3 rings (SSSR count). The van der Waals surface area contributed by atoms with E-state index in [9.17, 15) is 9.59 Å². The molecule has 0 bridgehead atoms. The molecule has 3 aromatic rings. The van der Waals surface area contributed by atoms with Gasteiger partial charge in [0.1, 0.15) is 12.3 Å². The molecule has 0 saturated carbocycles. The Morgan fingerprint density at radius 2 is 1.81 bits per heavy atom. The van der Waals surface area contributed by atoms with Crippen molar-refractivity contribution in [2.24, 2.45) is 7.05 Å². The predicted molar refractivity (Wildman–Crippen MR) is 125 cm³/mol. The highest BCUT2D eigenvalue weighted by Crippen LogP contribution is 2.15. The molecular formula is C25H32N4O3. The molecule has 2 aromatic heterocycles. The molecule has 170 valence electrons. The van der Waals surface area contributed by atoms with Crippen molar-refractivity contribution in [2.45, 2.75) is 46.3 Å². The molecule has 0 fully saturated rings. The average molecular weight is 437 g/mol. The molecule has 3 amide bonds. The number of hydrogen-bond acceptors (Lipinski definition) is 3. The lowest BCUT2D eigenvalue weighted by molar-refractivity contribution is -0.133. The van der Waals surface area contributed by atoms with Gasteiger partial charge in [0.25, 0.3) is 0 Å². The summed E-state index contributed by atoms with van der Waals surface area (Å²) < 4.78 is 7.45. The van der Waals surface area contributed by atoms with E-state index in [-0.39, 0.29) is 24.5 Å². The molecule has 1 aromatic carbocycles. The molecular weight excluding hydrogens is 404 g/mol. The third kappa shape index (κ3) is 6.03. The summed E-state index contributed by atoms with van der Waals surface area (Å²) in [6.07, 6.45) is 4.48. The molecule has 0 radical (unpaired) electrons. The lowest BCUT2D eigenvalue weighted by Crippen LogP contribution is -2.47. The first-order valence-corrected chi connectivity index (χ1v) is 10.9. The van der Waals surface area contributed by atoms with Crippen LogP contribution in [0, 0.1) is 0 Å². The van der Waals surface area contributed by atoms with Crippen molar-refractivity contribution in [1.29, 1.82) is 0 Å². The zero-order chi connectivity index (χ0) is 23.1. The molecule has 0 aliphatic carbocycles. The Morgan fingerprint density at radius 1 is 1.06 bits per heavy atom. The number of carbonyl (C=O) groups excluding carboxylic acids is 2. The molecule has 0 atom stereocenters. The molecule has 0 saturated heterocycles. The molecule has 1 N–H and O–H groups in total. The van der Waals surface area contributed by atoms with Gasteiger partial charge in [0.05, 0.1) is 19.4 Å². The Morgan fingerprint density at radius 3 is 2.38 bits per heavy atom. The number of carbonyl (C=O) groups is 2. The topological polar surface area (TPSA) is 70.7 Å². The first-order chi connectivity index (χ1) is 15.4. The van der Waals surface area contributed by atoms with Crippen LogP contribution < -0.4 is 5.32 Å². The molecule has 0 spiro atoms. The van der Waals surface area contributed by atoms with Crippen LogP contribution in [0.5, 0.6) is 0 Å². The minimum Gasteiger partial charge on any atom is -0.467 e. The van der Waals surface area contributed by atoms with E-state index in [2.05, 4.69) is 12.2 Å². The van der Waals surface area contributed by atoms with Crippen LogP contribution >= 0.6 is 0 Å². The summed E-state index contributed by atoms with van der Waals surface area (Å²) in [5.41, 5.74) is 2.91. The van der Waals surface area contributed by atoms with Gasteiger partial charge in [0, 0.05) is 30.7 Å². The summed E-state index contributed by atoms with van der Waals surface area (Å²) in [4.78, 5) is 29.6. The number of nitrogens with one attached hydrogen (secondary N) is 1. The Balaban J connectivity index is 1.72. The van der Waals surface area contributed by atoms with Gasteiger partial charge >= 0.3 is 6.03 Å². The number of rotatable bonds is 9. The normalized spacial score (nSPS) is 10.9. The summed E-state index contributed by atoms with van der Waals surface area (Å²) >= 11 is 0. The van der Waals surface area contributed by atoms with Crippen LogP contribution in [0.15, 0.2) is 65.4 Å². The van der Waals surface area contributed by atoms with E-state index in [1.807, 2.05) is 74.1 Å². The van der Waals surface area contributed by atoms with Gasteiger partial charge in [0.2, 0.25) is 5.91 Å². The van der Waals surface area contributed by atoms with Crippen molar-refractivity contribution in [3.63, 3.8) is 0 Å². The van der Waals surface area contributed by atoms with Crippen molar-refractivity contribution >= 4 is 17.6 Å². The van der Waals surface area contributed by atoms with E-state index in [0.29, 0.717) is 24.5 Å². The number of amides is 3. The zero-order valence-electron chi connectivity index (χ0n) is 19.2. The summed E-state index contributed by atoms with van der Waals surface area (Å²) in [5.74, 6) is 0.553. The highest BCUT2D eigenvalue weighted by Gasteiger charge is 2.25. The third-order valence-corrected chi connectivity index (χ3v) is 5.49. The van der Waals surface area contributed by atoms with Gasteiger partial charge < -0.3 is 24.1 Å². The van der Waals surface area contributed by atoms with Crippen LogP contribution in [-0.4, -0.2) is 38.9 Å². The first-order valence-electron chi connectivity index (χ1n) is 10.9. The molecule has 2 heterocycles. The lowest BCUT2D eigenvalue weighted by atomic mass is 10.1. The third-order valence-electron chi connectivity index (χ3n) is 5.49. The van der Waals surface area contributed by atoms with E-state index in [1.165, 1.54) is 5.56 Å². The van der Waals surface area contributed by atoms with E-state index in [1.54, 1.807) is 22.1 Å². The number of anilines is 1. The maximum atomic E-state index is 13.3. The molecule has 7 heteroatoms. The molecule has 32 heavy (non-hydrogen) atoms. The maximum Gasteiger partial charge on any atom is 0.322 e. The summed E-state index contributed by atoms with van der Waals surface area (Å²) in [6.45, 7) is 6.63. The van der Waals surface area contributed by atoms with Gasteiger partial charge in [-0.3, -0.25) is 4.79 Å². The minimum atomic E-state index is -0.297. The highest BCUT2D eigenvalue weighted by atomic mass is 16.3. The SMILES string of the molecule is CCc1ccc(NC(=O)N(CC(=O)N(Cc2ccco2)Cc2cccn2C)C(C)C)cc1. The van der Waals surface area contributed by atoms with Crippen molar-refractivity contribution in [3.8, 4) is 0 Å². The maximum absolute atomic E-state index is 13.3. The average Bonchev–Trinajstić information content (AvgIpc) is 3.43. The van der Waals surface area contributed by atoms with Crippen LogP contribution in [0.3, 0.4) is 0 Å². The van der Waals surface area contributed by atoms with Gasteiger partial charge in [0.15, 0.2) is 0 Å². The van der Waals surface area contributed by atoms with Gasteiger partial charge in [-0.05, 0) is 62.2 Å². The number of furan rings is 1. The Hall–Kier alpha value is -3.48. The summed E-state index contributed by atoms with van der Waals surface area (Å²) in [7, 11) is 1.95. The second-order valence-corrected chi connectivity index (χ2v) is 8.14. The highest BCUT2D eigenvalue weighted by molar-refractivity contribution is 5.92. The second-order valence-electron chi connectivity index (χ2n) is 8.14. The fraction of sp³-hybridized carbons (Fsp3) is 0.360. The molecule has 7 nitrogen and oxygen atoms in total. The van der Waals surface area contributed by atoms with Crippen LogP contribution in [-0.2, 0) is 31.4 Å². The van der Waals surface area contributed by atoms with Crippen molar-refractivity contribution < 1.29 is 14.0 Å². The van der Waals surface area contributed by atoms with Crippen molar-refractivity contribution in [2.75, 3.05) is 11.9 Å². The smallest absolute Gasteiger partial charge is 0.322 e. The number of aromatic nitrogens is 1.